The minimum atomic E-state index is -1.12. The fourth-order valence-corrected chi connectivity index (χ4v) is 1.56. The van der Waals surface area contributed by atoms with Crippen LogP contribution in [0.1, 0.15) is 19.4 Å². The topological polar surface area (TPSA) is 69.6 Å². The Balaban J connectivity index is 2.64. The molecule has 0 aliphatic rings. The van der Waals surface area contributed by atoms with Gasteiger partial charge in [0.15, 0.2) is 11.6 Å². The van der Waals surface area contributed by atoms with E-state index in [2.05, 4.69) is 5.32 Å². The Hall–Kier alpha value is -2.18. The van der Waals surface area contributed by atoms with Gasteiger partial charge < -0.3 is 15.3 Å². The van der Waals surface area contributed by atoms with Crippen LogP contribution in [-0.2, 0) is 11.3 Å². The quantitative estimate of drug-likeness (QED) is 0.869. The van der Waals surface area contributed by atoms with Crippen LogP contribution in [0.25, 0.3) is 0 Å². The minimum absolute atomic E-state index is 0.0150. The zero-order valence-corrected chi connectivity index (χ0v) is 11.2. The summed E-state index contributed by atoms with van der Waals surface area (Å²) in [7, 11) is 0. The summed E-state index contributed by atoms with van der Waals surface area (Å²) < 4.78 is 25.7. The number of hydrogen-bond acceptors (Lipinski definition) is 2. The maximum Gasteiger partial charge on any atom is 0.323 e. The fourth-order valence-electron chi connectivity index (χ4n) is 1.56. The number of carboxylic acids is 1. The van der Waals surface area contributed by atoms with E-state index in [9.17, 15) is 18.4 Å². The zero-order chi connectivity index (χ0) is 15.3. The molecule has 1 aromatic carbocycles. The van der Waals surface area contributed by atoms with Gasteiger partial charge in [0.25, 0.3) is 0 Å². The van der Waals surface area contributed by atoms with Crippen molar-refractivity contribution in [1.29, 1.82) is 0 Å². The third-order valence-corrected chi connectivity index (χ3v) is 2.62. The number of nitrogens with zero attached hydrogens (tertiary/aromatic N) is 1. The summed E-state index contributed by atoms with van der Waals surface area (Å²) in [6, 6.07) is 2.42. The van der Waals surface area contributed by atoms with Crippen molar-refractivity contribution < 1.29 is 23.5 Å². The molecule has 7 heteroatoms. The summed E-state index contributed by atoms with van der Waals surface area (Å²) in [5, 5.41) is 11.2. The van der Waals surface area contributed by atoms with Gasteiger partial charge in [0.2, 0.25) is 0 Å². The van der Waals surface area contributed by atoms with Gasteiger partial charge in [-0.05, 0) is 31.5 Å². The molecule has 0 bridgehead atoms. The van der Waals surface area contributed by atoms with Crippen molar-refractivity contribution in [1.82, 2.24) is 10.2 Å². The number of hydrogen-bond donors (Lipinski definition) is 2. The molecule has 0 aliphatic heterocycles. The third kappa shape index (κ3) is 4.49. The smallest absolute Gasteiger partial charge is 0.323 e. The van der Waals surface area contributed by atoms with Gasteiger partial charge in [-0.15, -0.1) is 0 Å². The first kappa shape index (κ1) is 15.9. The molecule has 0 atom stereocenters. The average Bonchev–Trinajstić information content (AvgIpc) is 2.36. The number of carbonyl (C=O) groups excluding carboxylic acids is 1. The maximum absolute atomic E-state index is 13.0. The molecule has 1 rings (SSSR count). The van der Waals surface area contributed by atoms with Crippen molar-refractivity contribution in [2.45, 2.75) is 26.4 Å². The number of carboxylic acid groups (broad SMARTS) is 1. The van der Waals surface area contributed by atoms with Crippen LogP contribution in [0.3, 0.4) is 0 Å². The molecule has 0 aliphatic carbocycles. The minimum Gasteiger partial charge on any atom is -0.480 e. The van der Waals surface area contributed by atoms with Gasteiger partial charge in [0.05, 0.1) is 0 Å². The first-order chi connectivity index (χ1) is 9.31. The van der Waals surface area contributed by atoms with E-state index < -0.39 is 30.2 Å². The van der Waals surface area contributed by atoms with Gasteiger partial charge in [-0.2, -0.15) is 0 Å². The summed E-state index contributed by atoms with van der Waals surface area (Å²) in [6.45, 7) is 2.92. The van der Waals surface area contributed by atoms with Gasteiger partial charge >= 0.3 is 12.0 Å². The second-order valence-electron chi connectivity index (χ2n) is 4.52. The third-order valence-electron chi connectivity index (χ3n) is 2.62. The number of nitrogens with one attached hydrogen (secondary N) is 1. The number of urea groups is 1. The second-order valence-corrected chi connectivity index (χ2v) is 4.52. The molecule has 0 aromatic heterocycles. The lowest BCUT2D eigenvalue weighted by atomic mass is 10.2. The second kappa shape index (κ2) is 6.83. The number of amides is 2. The largest absolute Gasteiger partial charge is 0.480 e. The van der Waals surface area contributed by atoms with Crippen molar-refractivity contribution in [3.8, 4) is 0 Å². The molecule has 1 aromatic rings. The highest BCUT2D eigenvalue weighted by atomic mass is 19.2. The Morgan fingerprint density at radius 1 is 1.30 bits per heavy atom. The number of carbonyl (C=O) groups is 2. The summed E-state index contributed by atoms with van der Waals surface area (Å²) >= 11 is 0. The predicted octanol–water partition coefficient (Wildman–Crippen LogP) is 1.97. The molecule has 2 N–H and O–H groups in total. The van der Waals surface area contributed by atoms with Gasteiger partial charge in [-0.25, -0.2) is 13.6 Å². The highest BCUT2D eigenvalue weighted by Gasteiger charge is 2.19. The Morgan fingerprint density at radius 2 is 1.95 bits per heavy atom. The van der Waals surface area contributed by atoms with E-state index in [1.165, 1.54) is 6.07 Å². The standard InChI is InChI=1S/C13H16F2N2O3/c1-8(2)17(7-12(18)19)13(20)16-6-9-3-4-10(14)11(15)5-9/h3-5,8H,6-7H2,1-2H3,(H,16,20)(H,18,19). The molecule has 0 spiro atoms. The number of halogens is 2. The molecular weight excluding hydrogens is 270 g/mol. The van der Waals surface area contributed by atoms with Crippen LogP contribution in [-0.4, -0.2) is 34.6 Å². The lowest BCUT2D eigenvalue weighted by molar-refractivity contribution is -0.138. The van der Waals surface area contributed by atoms with Crippen molar-refractivity contribution in [3.63, 3.8) is 0 Å². The van der Waals surface area contributed by atoms with Gasteiger partial charge in [0.1, 0.15) is 6.54 Å². The van der Waals surface area contributed by atoms with Crippen LogP contribution in [0.2, 0.25) is 0 Å². The highest BCUT2D eigenvalue weighted by molar-refractivity contribution is 5.80. The summed E-state index contributed by atoms with van der Waals surface area (Å²) in [6.07, 6.45) is 0. The van der Waals surface area contributed by atoms with Crippen LogP contribution in [0.5, 0.6) is 0 Å². The van der Waals surface area contributed by atoms with E-state index in [1.54, 1.807) is 13.8 Å². The molecule has 2 amide bonds. The fraction of sp³-hybridized carbons (Fsp3) is 0.385. The lowest BCUT2D eigenvalue weighted by Crippen LogP contribution is -2.46. The van der Waals surface area contributed by atoms with E-state index in [4.69, 9.17) is 5.11 Å². The van der Waals surface area contributed by atoms with Crippen molar-refractivity contribution in [3.05, 3.63) is 35.4 Å². The molecule has 0 heterocycles. The number of rotatable bonds is 5. The Kier molecular flexibility index (Phi) is 5.42. The van der Waals surface area contributed by atoms with Crippen LogP contribution >= 0.6 is 0 Å². The Bertz CT molecular complexity index is 506. The van der Waals surface area contributed by atoms with Crippen molar-refractivity contribution in [2.75, 3.05) is 6.54 Å². The first-order valence-electron chi connectivity index (χ1n) is 6.01. The summed E-state index contributed by atoms with van der Waals surface area (Å²) in [4.78, 5) is 23.6. The molecule has 0 radical (unpaired) electrons. The van der Waals surface area contributed by atoms with Crippen LogP contribution in [0, 0.1) is 11.6 Å². The molecule has 0 unspecified atom stereocenters. The Morgan fingerprint density at radius 3 is 2.45 bits per heavy atom. The molecule has 0 saturated heterocycles. The van der Waals surface area contributed by atoms with Crippen molar-refractivity contribution >= 4 is 12.0 Å². The van der Waals surface area contributed by atoms with Gasteiger partial charge in [-0.3, -0.25) is 4.79 Å². The maximum atomic E-state index is 13.0. The molecular formula is C13H16F2N2O3. The van der Waals surface area contributed by atoms with Crippen molar-refractivity contribution in [2.24, 2.45) is 0 Å². The van der Waals surface area contributed by atoms with Crippen LogP contribution < -0.4 is 5.32 Å². The van der Waals surface area contributed by atoms with Gasteiger partial charge in [0, 0.05) is 12.6 Å². The lowest BCUT2D eigenvalue weighted by Gasteiger charge is -2.25. The molecule has 110 valence electrons. The molecule has 0 fully saturated rings. The number of aliphatic carboxylic acids is 1. The normalized spacial score (nSPS) is 10.4. The van der Waals surface area contributed by atoms with Gasteiger partial charge in [-0.1, -0.05) is 6.07 Å². The first-order valence-corrected chi connectivity index (χ1v) is 6.01. The zero-order valence-electron chi connectivity index (χ0n) is 11.2. The monoisotopic (exact) mass is 286 g/mol. The van der Waals surface area contributed by atoms with E-state index in [0.717, 1.165) is 17.0 Å². The van der Waals surface area contributed by atoms with Crippen LogP contribution in [0.4, 0.5) is 13.6 Å². The van der Waals surface area contributed by atoms with E-state index in [-0.39, 0.29) is 12.6 Å². The molecule has 20 heavy (non-hydrogen) atoms. The van der Waals surface area contributed by atoms with E-state index in [0.29, 0.717) is 5.56 Å². The SMILES string of the molecule is CC(C)N(CC(=O)O)C(=O)NCc1ccc(F)c(F)c1. The Labute approximate surface area is 115 Å². The average molecular weight is 286 g/mol. The highest BCUT2D eigenvalue weighted by Crippen LogP contribution is 2.08. The summed E-state index contributed by atoms with van der Waals surface area (Å²) in [5.74, 6) is -3.08. The molecule has 0 saturated carbocycles. The van der Waals surface area contributed by atoms with Crippen LogP contribution in [0.15, 0.2) is 18.2 Å². The summed E-state index contributed by atoms with van der Waals surface area (Å²) in [5.41, 5.74) is 0.385. The molecule has 5 nitrogen and oxygen atoms in total. The van der Waals surface area contributed by atoms with E-state index in [1.807, 2.05) is 0 Å². The predicted molar refractivity (Wildman–Crippen MR) is 68.1 cm³/mol. The van der Waals surface area contributed by atoms with E-state index >= 15 is 0 Å². The number of benzene rings is 1.